The minimum absolute atomic E-state index is 0.0714. The molecule has 0 unspecified atom stereocenters. The van der Waals surface area contributed by atoms with E-state index in [-0.39, 0.29) is 23.8 Å². The van der Waals surface area contributed by atoms with Crippen LogP contribution in [0, 0.1) is 12.7 Å². The van der Waals surface area contributed by atoms with E-state index in [4.69, 9.17) is 10.9 Å². The second-order valence-corrected chi connectivity index (χ2v) is 4.43. The SMILES string of the molecule is Cc1ncnc(N(CC/C(N)=N/O)c2ccccc2)c1F. The van der Waals surface area contributed by atoms with Crippen LogP contribution in [0.25, 0.3) is 0 Å². The molecular weight excluding hydrogens is 273 g/mol. The normalized spacial score (nSPS) is 11.4. The Bertz CT molecular complexity index is 633. The fourth-order valence-corrected chi connectivity index (χ4v) is 1.88. The van der Waals surface area contributed by atoms with E-state index in [2.05, 4.69) is 15.1 Å². The minimum Gasteiger partial charge on any atom is -0.409 e. The van der Waals surface area contributed by atoms with E-state index < -0.39 is 5.82 Å². The number of rotatable bonds is 5. The molecule has 0 saturated heterocycles. The molecule has 0 aliphatic heterocycles. The Kier molecular flexibility index (Phi) is 4.65. The number of aromatic nitrogens is 2. The van der Waals surface area contributed by atoms with Crippen LogP contribution in [0.4, 0.5) is 15.9 Å². The fraction of sp³-hybridized carbons (Fsp3) is 0.214. The third kappa shape index (κ3) is 3.44. The summed E-state index contributed by atoms with van der Waals surface area (Å²) in [5.41, 5.74) is 6.52. The van der Waals surface area contributed by atoms with Crippen molar-refractivity contribution in [1.82, 2.24) is 9.97 Å². The zero-order chi connectivity index (χ0) is 15.2. The number of hydrogen-bond donors (Lipinski definition) is 2. The van der Waals surface area contributed by atoms with Crippen molar-refractivity contribution in [3.63, 3.8) is 0 Å². The van der Waals surface area contributed by atoms with Crippen LogP contribution in [0.5, 0.6) is 0 Å². The van der Waals surface area contributed by atoms with Crippen LogP contribution in [-0.4, -0.2) is 27.6 Å². The smallest absolute Gasteiger partial charge is 0.187 e. The topological polar surface area (TPSA) is 87.6 Å². The van der Waals surface area contributed by atoms with Crippen molar-refractivity contribution in [3.05, 3.63) is 48.2 Å². The Hall–Kier alpha value is -2.70. The Balaban J connectivity index is 2.38. The van der Waals surface area contributed by atoms with Gasteiger partial charge in [-0.2, -0.15) is 0 Å². The Morgan fingerprint density at radius 1 is 1.33 bits per heavy atom. The maximum Gasteiger partial charge on any atom is 0.187 e. The number of halogens is 1. The predicted octanol–water partition coefficient (Wildman–Crippen LogP) is 2.20. The molecule has 1 heterocycles. The number of aryl methyl sites for hydroxylation is 1. The molecule has 0 fully saturated rings. The van der Waals surface area contributed by atoms with Gasteiger partial charge in [-0.25, -0.2) is 14.4 Å². The highest BCUT2D eigenvalue weighted by Gasteiger charge is 2.17. The molecule has 0 bridgehead atoms. The molecule has 0 radical (unpaired) electrons. The van der Waals surface area contributed by atoms with E-state index in [0.717, 1.165) is 5.69 Å². The molecule has 0 spiro atoms. The van der Waals surface area contributed by atoms with Crippen molar-refractivity contribution in [1.29, 1.82) is 0 Å². The highest BCUT2D eigenvalue weighted by atomic mass is 19.1. The van der Waals surface area contributed by atoms with Gasteiger partial charge in [0.15, 0.2) is 11.6 Å². The molecule has 6 nitrogen and oxygen atoms in total. The molecule has 1 aromatic carbocycles. The molecule has 1 aromatic heterocycles. The first-order valence-corrected chi connectivity index (χ1v) is 6.39. The van der Waals surface area contributed by atoms with E-state index in [1.54, 1.807) is 11.8 Å². The van der Waals surface area contributed by atoms with Crippen molar-refractivity contribution < 1.29 is 9.60 Å². The lowest BCUT2D eigenvalue weighted by Gasteiger charge is -2.24. The molecule has 0 aliphatic carbocycles. The zero-order valence-electron chi connectivity index (χ0n) is 11.6. The lowest BCUT2D eigenvalue weighted by molar-refractivity contribution is 0.317. The molecule has 2 aromatic rings. The molecule has 0 aliphatic rings. The first kappa shape index (κ1) is 14.7. The summed E-state index contributed by atoms with van der Waals surface area (Å²) in [6, 6.07) is 9.23. The number of nitrogens with two attached hydrogens (primary N) is 1. The van der Waals surface area contributed by atoms with Crippen LogP contribution in [0.3, 0.4) is 0 Å². The van der Waals surface area contributed by atoms with Gasteiger partial charge in [-0.05, 0) is 19.1 Å². The standard InChI is InChI=1S/C14H16FN5O/c1-10-13(15)14(18-9-17-10)20(8-7-12(16)19-21)11-5-3-2-4-6-11/h2-6,9,21H,7-8H2,1H3,(H2,16,19). The number of benzene rings is 1. The summed E-state index contributed by atoms with van der Waals surface area (Å²) >= 11 is 0. The summed E-state index contributed by atoms with van der Waals surface area (Å²) in [6.07, 6.45) is 1.58. The average Bonchev–Trinajstić information content (AvgIpc) is 2.52. The molecule has 7 heteroatoms. The molecule has 0 amide bonds. The quantitative estimate of drug-likeness (QED) is 0.381. The van der Waals surface area contributed by atoms with Gasteiger partial charge in [0.1, 0.15) is 12.2 Å². The molecule has 3 N–H and O–H groups in total. The maximum absolute atomic E-state index is 14.3. The van der Waals surface area contributed by atoms with Crippen molar-refractivity contribution in [2.45, 2.75) is 13.3 Å². The Labute approximate surface area is 121 Å². The van der Waals surface area contributed by atoms with Crippen LogP contribution in [0.15, 0.2) is 41.8 Å². The van der Waals surface area contributed by atoms with Gasteiger partial charge in [-0.15, -0.1) is 0 Å². The predicted molar refractivity (Wildman–Crippen MR) is 78.2 cm³/mol. The van der Waals surface area contributed by atoms with E-state index in [1.807, 2.05) is 30.3 Å². The van der Waals surface area contributed by atoms with Gasteiger partial charge < -0.3 is 15.8 Å². The maximum atomic E-state index is 14.3. The third-order valence-electron chi connectivity index (χ3n) is 2.99. The van der Waals surface area contributed by atoms with Crippen LogP contribution >= 0.6 is 0 Å². The Morgan fingerprint density at radius 3 is 2.71 bits per heavy atom. The van der Waals surface area contributed by atoms with E-state index >= 15 is 0 Å². The largest absolute Gasteiger partial charge is 0.409 e. The third-order valence-corrected chi connectivity index (χ3v) is 2.99. The lowest BCUT2D eigenvalue weighted by atomic mass is 10.2. The van der Waals surface area contributed by atoms with Crippen molar-refractivity contribution in [3.8, 4) is 0 Å². The second-order valence-electron chi connectivity index (χ2n) is 4.43. The van der Waals surface area contributed by atoms with Crippen LogP contribution in [0.1, 0.15) is 12.1 Å². The van der Waals surface area contributed by atoms with E-state index in [0.29, 0.717) is 6.54 Å². The summed E-state index contributed by atoms with van der Waals surface area (Å²) < 4.78 is 14.3. The van der Waals surface area contributed by atoms with Crippen molar-refractivity contribution in [2.75, 3.05) is 11.4 Å². The zero-order valence-corrected chi connectivity index (χ0v) is 11.6. The van der Waals surface area contributed by atoms with Crippen LogP contribution in [-0.2, 0) is 0 Å². The molecular formula is C14H16FN5O. The van der Waals surface area contributed by atoms with Gasteiger partial charge in [0, 0.05) is 18.7 Å². The number of oxime groups is 1. The second kappa shape index (κ2) is 6.65. The summed E-state index contributed by atoms with van der Waals surface area (Å²) in [4.78, 5) is 9.51. The van der Waals surface area contributed by atoms with Crippen molar-refractivity contribution in [2.24, 2.45) is 10.9 Å². The van der Waals surface area contributed by atoms with E-state index in [1.165, 1.54) is 6.33 Å². The number of nitrogens with zero attached hydrogens (tertiary/aromatic N) is 4. The monoisotopic (exact) mass is 289 g/mol. The molecule has 21 heavy (non-hydrogen) atoms. The van der Waals surface area contributed by atoms with Gasteiger partial charge in [0.2, 0.25) is 0 Å². The minimum atomic E-state index is -0.485. The van der Waals surface area contributed by atoms with Crippen LogP contribution in [0.2, 0.25) is 0 Å². The number of amidine groups is 1. The number of hydrogen-bond acceptors (Lipinski definition) is 5. The summed E-state index contributed by atoms with van der Waals surface area (Å²) in [6.45, 7) is 1.90. The summed E-state index contributed by atoms with van der Waals surface area (Å²) in [5, 5.41) is 11.6. The number of anilines is 2. The highest BCUT2D eigenvalue weighted by Crippen LogP contribution is 2.26. The molecule has 110 valence electrons. The Morgan fingerprint density at radius 2 is 2.05 bits per heavy atom. The van der Waals surface area contributed by atoms with Crippen LogP contribution < -0.4 is 10.6 Å². The summed E-state index contributed by atoms with van der Waals surface area (Å²) in [5.74, 6) is -0.248. The van der Waals surface area contributed by atoms with E-state index in [9.17, 15) is 4.39 Å². The van der Waals surface area contributed by atoms with Gasteiger partial charge >= 0.3 is 0 Å². The van der Waals surface area contributed by atoms with Gasteiger partial charge in [-0.3, -0.25) is 0 Å². The molecule has 0 saturated carbocycles. The first-order valence-electron chi connectivity index (χ1n) is 6.39. The highest BCUT2D eigenvalue weighted by molar-refractivity contribution is 5.80. The number of para-hydroxylation sites is 1. The molecule has 0 atom stereocenters. The van der Waals surface area contributed by atoms with Gasteiger partial charge in [0.05, 0.1) is 5.69 Å². The molecule has 2 rings (SSSR count). The van der Waals surface area contributed by atoms with Gasteiger partial charge in [-0.1, -0.05) is 23.4 Å². The fourth-order valence-electron chi connectivity index (χ4n) is 1.88. The lowest BCUT2D eigenvalue weighted by Crippen LogP contribution is -2.26. The van der Waals surface area contributed by atoms with Crippen molar-refractivity contribution >= 4 is 17.3 Å². The first-order chi connectivity index (χ1) is 10.1. The van der Waals surface area contributed by atoms with Gasteiger partial charge in [0.25, 0.3) is 0 Å². The average molecular weight is 289 g/mol. The summed E-state index contributed by atoms with van der Waals surface area (Å²) in [7, 11) is 0.